The van der Waals surface area contributed by atoms with Crippen LogP contribution in [0.2, 0.25) is 0 Å². The summed E-state index contributed by atoms with van der Waals surface area (Å²) in [6.45, 7) is 3.58. The number of thiophene rings is 1. The lowest BCUT2D eigenvalue weighted by atomic mass is 10.1. The summed E-state index contributed by atoms with van der Waals surface area (Å²) < 4.78 is 10.9. The van der Waals surface area contributed by atoms with Crippen molar-refractivity contribution >= 4 is 11.3 Å². The zero-order valence-electron chi connectivity index (χ0n) is 9.52. The molecule has 1 aliphatic rings. The van der Waals surface area contributed by atoms with E-state index in [0.29, 0.717) is 6.42 Å². The minimum Gasteiger partial charge on any atom is -0.388 e. The van der Waals surface area contributed by atoms with E-state index in [-0.39, 0.29) is 12.4 Å². The fourth-order valence-corrected chi connectivity index (χ4v) is 2.80. The van der Waals surface area contributed by atoms with E-state index in [1.807, 2.05) is 18.4 Å². The van der Waals surface area contributed by atoms with Crippen molar-refractivity contribution in [1.29, 1.82) is 0 Å². The van der Waals surface area contributed by atoms with Crippen molar-refractivity contribution in [1.82, 2.24) is 0 Å². The average Bonchev–Trinajstić information content (AvgIpc) is 2.74. The first-order valence-electron chi connectivity index (χ1n) is 5.72. The molecule has 2 heterocycles. The Balaban J connectivity index is 1.79. The Morgan fingerprint density at radius 2 is 2.25 bits per heavy atom. The van der Waals surface area contributed by atoms with E-state index in [4.69, 9.17) is 9.47 Å². The fourth-order valence-electron chi connectivity index (χ4n) is 1.85. The molecule has 0 saturated carbocycles. The second-order valence-electron chi connectivity index (χ2n) is 4.09. The van der Waals surface area contributed by atoms with E-state index in [1.165, 1.54) is 5.56 Å². The van der Waals surface area contributed by atoms with E-state index in [2.05, 4.69) is 0 Å². The zero-order valence-corrected chi connectivity index (χ0v) is 10.3. The molecule has 0 aliphatic carbocycles. The molecule has 0 bridgehead atoms. The second kappa shape index (κ2) is 5.77. The Kier molecular flexibility index (Phi) is 4.35. The Labute approximate surface area is 100 Å². The van der Waals surface area contributed by atoms with Crippen LogP contribution in [0.3, 0.4) is 0 Å². The van der Waals surface area contributed by atoms with Gasteiger partial charge in [-0.2, -0.15) is 0 Å². The van der Waals surface area contributed by atoms with Gasteiger partial charge in [0.25, 0.3) is 0 Å². The van der Waals surface area contributed by atoms with Gasteiger partial charge in [-0.15, -0.1) is 11.3 Å². The Morgan fingerprint density at radius 1 is 1.50 bits per heavy atom. The van der Waals surface area contributed by atoms with E-state index in [9.17, 15) is 5.11 Å². The van der Waals surface area contributed by atoms with Crippen molar-refractivity contribution in [3.05, 3.63) is 21.9 Å². The van der Waals surface area contributed by atoms with Crippen LogP contribution in [0.15, 0.2) is 11.4 Å². The third-order valence-corrected chi connectivity index (χ3v) is 3.90. The molecule has 1 fully saturated rings. The van der Waals surface area contributed by atoms with Crippen molar-refractivity contribution in [3.63, 3.8) is 0 Å². The predicted molar refractivity (Wildman–Crippen MR) is 63.6 cm³/mol. The number of ether oxygens (including phenoxy) is 2. The molecular formula is C12H18O3S. The summed E-state index contributed by atoms with van der Waals surface area (Å²) in [7, 11) is 0. The lowest BCUT2D eigenvalue weighted by molar-refractivity contribution is -0.183. The standard InChI is InChI=1S/C12H18O3S/c1-9-5-8-16-12(9)10(13)3-4-11-14-6-2-7-15-11/h5,8,10-11,13H,2-4,6-7H2,1H3/t10-/m1/s1. The number of hydrogen-bond acceptors (Lipinski definition) is 4. The van der Waals surface area contributed by atoms with Crippen LogP contribution in [0.5, 0.6) is 0 Å². The molecule has 1 atom stereocenters. The average molecular weight is 242 g/mol. The minimum atomic E-state index is -0.380. The van der Waals surface area contributed by atoms with Gasteiger partial charge in [-0.25, -0.2) is 0 Å². The topological polar surface area (TPSA) is 38.7 Å². The van der Waals surface area contributed by atoms with Crippen LogP contribution in [-0.2, 0) is 9.47 Å². The van der Waals surface area contributed by atoms with Gasteiger partial charge in [0.1, 0.15) is 0 Å². The maximum Gasteiger partial charge on any atom is 0.157 e. The Morgan fingerprint density at radius 3 is 2.88 bits per heavy atom. The third kappa shape index (κ3) is 3.04. The highest BCUT2D eigenvalue weighted by Crippen LogP contribution is 2.28. The quantitative estimate of drug-likeness (QED) is 0.882. The minimum absolute atomic E-state index is 0.122. The number of rotatable bonds is 4. The molecule has 0 amide bonds. The first kappa shape index (κ1) is 12.0. The maximum absolute atomic E-state index is 10.0. The molecular weight excluding hydrogens is 224 g/mol. The number of aliphatic hydroxyl groups excluding tert-OH is 1. The molecule has 1 aromatic rings. The molecule has 2 rings (SSSR count). The summed E-state index contributed by atoms with van der Waals surface area (Å²) >= 11 is 1.61. The van der Waals surface area contributed by atoms with Gasteiger partial charge >= 0.3 is 0 Å². The molecule has 90 valence electrons. The highest BCUT2D eigenvalue weighted by Gasteiger charge is 2.18. The van der Waals surface area contributed by atoms with E-state index in [1.54, 1.807) is 11.3 Å². The van der Waals surface area contributed by atoms with Crippen LogP contribution >= 0.6 is 11.3 Å². The van der Waals surface area contributed by atoms with Gasteiger partial charge in [-0.3, -0.25) is 0 Å². The van der Waals surface area contributed by atoms with Gasteiger partial charge in [-0.05, 0) is 36.8 Å². The Hall–Kier alpha value is -0.420. The van der Waals surface area contributed by atoms with Crippen LogP contribution < -0.4 is 0 Å². The summed E-state index contributed by atoms with van der Waals surface area (Å²) in [5.41, 5.74) is 1.17. The van der Waals surface area contributed by atoms with Crippen LogP contribution in [0.25, 0.3) is 0 Å². The normalized spacial score (nSPS) is 19.9. The van der Waals surface area contributed by atoms with Gasteiger partial charge in [0, 0.05) is 11.3 Å². The SMILES string of the molecule is Cc1ccsc1[C@H](O)CCC1OCCCO1. The molecule has 0 aromatic carbocycles. The molecule has 3 nitrogen and oxygen atoms in total. The van der Waals surface area contributed by atoms with Crippen molar-refractivity contribution in [2.24, 2.45) is 0 Å². The summed E-state index contributed by atoms with van der Waals surface area (Å²) in [6, 6.07) is 2.04. The van der Waals surface area contributed by atoms with Gasteiger partial charge in [0.2, 0.25) is 0 Å². The molecule has 1 N–H and O–H groups in total. The highest BCUT2D eigenvalue weighted by atomic mass is 32.1. The van der Waals surface area contributed by atoms with Gasteiger partial charge in [0.15, 0.2) is 6.29 Å². The molecule has 0 radical (unpaired) electrons. The van der Waals surface area contributed by atoms with Gasteiger partial charge in [0.05, 0.1) is 19.3 Å². The van der Waals surface area contributed by atoms with E-state index in [0.717, 1.165) is 30.9 Å². The maximum atomic E-state index is 10.0. The van der Waals surface area contributed by atoms with Crippen molar-refractivity contribution < 1.29 is 14.6 Å². The van der Waals surface area contributed by atoms with Crippen LogP contribution in [0.4, 0.5) is 0 Å². The molecule has 0 spiro atoms. The number of hydrogen-bond donors (Lipinski definition) is 1. The monoisotopic (exact) mass is 242 g/mol. The lowest BCUT2D eigenvalue weighted by Crippen LogP contribution is -2.25. The van der Waals surface area contributed by atoms with Crippen molar-refractivity contribution in [2.75, 3.05) is 13.2 Å². The van der Waals surface area contributed by atoms with Crippen molar-refractivity contribution in [2.45, 2.75) is 38.6 Å². The van der Waals surface area contributed by atoms with Crippen LogP contribution in [0.1, 0.15) is 35.8 Å². The smallest absolute Gasteiger partial charge is 0.157 e. The summed E-state index contributed by atoms with van der Waals surface area (Å²) in [4.78, 5) is 1.07. The molecule has 0 unspecified atom stereocenters. The van der Waals surface area contributed by atoms with Crippen LogP contribution in [0, 0.1) is 6.92 Å². The van der Waals surface area contributed by atoms with E-state index >= 15 is 0 Å². The highest BCUT2D eigenvalue weighted by molar-refractivity contribution is 7.10. The summed E-state index contributed by atoms with van der Waals surface area (Å²) in [5.74, 6) is 0. The van der Waals surface area contributed by atoms with Gasteiger partial charge in [-0.1, -0.05) is 0 Å². The summed E-state index contributed by atoms with van der Waals surface area (Å²) in [5, 5.41) is 12.0. The number of aliphatic hydroxyl groups is 1. The van der Waals surface area contributed by atoms with Crippen LogP contribution in [-0.4, -0.2) is 24.6 Å². The zero-order chi connectivity index (χ0) is 11.4. The third-order valence-electron chi connectivity index (χ3n) is 2.78. The largest absolute Gasteiger partial charge is 0.388 e. The molecule has 1 saturated heterocycles. The molecule has 16 heavy (non-hydrogen) atoms. The molecule has 1 aromatic heterocycles. The lowest BCUT2D eigenvalue weighted by Gasteiger charge is -2.24. The molecule has 1 aliphatic heterocycles. The predicted octanol–water partition coefficient (Wildman–Crippen LogP) is 2.63. The molecule has 4 heteroatoms. The Bertz CT molecular complexity index is 318. The number of aryl methyl sites for hydroxylation is 1. The van der Waals surface area contributed by atoms with Gasteiger partial charge < -0.3 is 14.6 Å². The fraction of sp³-hybridized carbons (Fsp3) is 0.667. The first-order chi connectivity index (χ1) is 7.77. The van der Waals surface area contributed by atoms with Crippen molar-refractivity contribution in [3.8, 4) is 0 Å². The van der Waals surface area contributed by atoms with E-state index < -0.39 is 0 Å². The summed E-state index contributed by atoms with van der Waals surface area (Å²) in [6.07, 6.45) is 1.94. The second-order valence-corrected chi connectivity index (χ2v) is 5.03. The first-order valence-corrected chi connectivity index (χ1v) is 6.60.